The Kier molecular flexibility index (Phi) is 6.55. The van der Waals surface area contributed by atoms with Gasteiger partial charge in [-0.05, 0) is 30.5 Å². The average molecular weight is 444 g/mol. The van der Waals surface area contributed by atoms with Gasteiger partial charge in [-0.2, -0.15) is 0 Å². The maximum Gasteiger partial charge on any atom is 0.333 e. The highest BCUT2D eigenvalue weighted by atomic mass is 35.5. The minimum atomic E-state index is -0.419. The summed E-state index contributed by atoms with van der Waals surface area (Å²) in [5, 5.41) is 20.3. The second kappa shape index (κ2) is 8.98. The fourth-order valence-electron chi connectivity index (χ4n) is 2.95. The Morgan fingerprint density at radius 1 is 1.23 bits per heavy atom. The SMILES string of the molecule is C=C(C)C(=O)OCCCOc1cc(-n2nc3cccc(Cl)c3n2)c(O)c(C(C)(C)C)c1. The molecule has 1 heterocycles. The van der Waals surface area contributed by atoms with Crippen LogP contribution in [-0.2, 0) is 14.9 Å². The molecule has 3 rings (SSSR count). The Balaban J connectivity index is 1.88. The highest BCUT2D eigenvalue weighted by Crippen LogP contribution is 2.38. The van der Waals surface area contributed by atoms with Gasteiger partial charge < -0.3 is 14.6 Å². The molecule has 2 aromatic carbocycles. The standard InChI is InChI=1S/C23H26ClN3O4/c1-14(2)22(29)31-11-7-10-30-15-12-16(23(3,4)5)21(28)19(13-15)27-25-18-9-6-8-17(24)20(18)26-27/h6,8-9,12-13,28H,1,7,10-11H2,2-5H3. The van der Waals surface area contributed by atoms with Crippen molar-refractivity contribution in [1.29, 1.82) is 0 Å². The second-order valence-electron chi connectivity index (χ2n) is 8.30. The second-order valence-corrected chi connectivity index (χ2v) is 8.71. The summed E-state index contributed by atoms with van der Waals surface area (Å²) in [6, 6.07) is 8.82. The number of rotatable bonds is 7. The molecule has 7 nitrogen and oxygen atoms in total. The number of nitrogens with zero attached hydrogens (tertiary/aromatic N) is 3. The Labute approximate surface area is 186 Å². The lowest BCUT2D eigenvalue weighted by Crippen LogP contribution is -2.14. The molecule has 0 saturated heterocycles. The van der Waals surface area contributed by atoms with E-state index in [1.165, 1.54) is 4.80 Å². The summed E-state index contributed by atoms with van der Waals surface area (Å²) in [6.07, 6.45) is 0.513. The number of carbonyl (C=O) groups is 1. The molecule has 0 aliphatic carbocycles. The van der Waals surface area contributed by atoms with Crippen LogP contribution in [0.15, 0.2) is 42.5 Å². The van der Waals surface area contributed by atoms with Gasteiger partial charge >= 0.3 is 5.97 Å². The summed E-state index contributed by atoms with van der Waals surface area (Å²) in [6.45, 7) is 11.7. The van der Waals surface area contributed by atoms with Crippen LogP contribution in [0.5, 0.6) is 11.5 Å². The number of hydrogen-bond acceptors (Lipinski definition) is 6. The highest BCUT2D eigenvalue weighted by molar-refractivity contribution is 6.34. The number of ether oxygens (including phenoxy) is 2. The molecule has 1 N–H and O–H groups in total. The van der Waals surface area contributed by atoms with Crippen LogP contribution in [0.2, 0.25) is 5.02 Å². The van der Waals surface area contributed by atoms with Crippen molar-refractivity contribution in [3.8, 4) is 17.2 Å². The van der Waals surface area contributed by atoms with E-state index in [2.05, 4.69) is 16.8 Å². The van der Waals surface area contributed by atoms with Crippen molar-refractivity contribution in [1.82, 2.24) is 15.0 Å². The number of benzene rings is 2. The maximum absolute atomic E-state index is 11.5. The van der Waals surface area contributed by atoms with E-state index in [0.717, 1.165) is 0 Å². The Morgan fingerprint density at radius 2 is 1.97 bits per heavy atom. The number of phenols is 1. The lowest BCUT2D eigenvalue weighted by Gasteiger charge is -2.23. The first kappa shape index (κ1) is 22.6. The summed E-state index contributed by atoms with van der Waals surface area (Å²) < 4.78 is 11.0. The van der Waals surface area contributed by atoms with Crippen molar-refractivity contribution in [3.63, 3.8) is 0 Å². The summed E-state index contributed by atoms with van der Waals surface area (Å²) in [7, 11) is 0. The van der Waals surface area contributed by atoms with E-state index in [4.69, 9.17) is 21.1 Å². The minimum absolute atomic E-state index is 0.0756. The number of halogens is 1. The zero-order chi connectivity index (χ0) is 22.8. The van der Waals surface area contributed by atoms with Gasteiger partial charge in [0.05, 0.1) is 18.2 Å². The fourth-order valence-corrected chi connectivity index (χ4v) is 3.16. The molecule has 0 spiro atoms. The van der Waals surface area contributed by atoms with E-state index in [1.807, 2.05) is 20.8 Å². The Bertz CT molecular complexity index is 1130. The van der Waals surface area contributed by atoms with Gasteiger partial charge in [0, 0.05) is 23.6 Å². The molecule has 0 saturated carbocycles. The summed E-state index contributed by atoms with van der Waals surface area (Å²) in [5.74, 6) is 0.209. The largest absolute Gasteiger partial charge is 0.505 e. The molecule has 0 aliphatic rings. The van der Waals surface area contributed by atoms with E-state index in [-0.39, 0.29) is 17.8 Å². The third kappa shape index (κ3) is 5.17. The van der Waals surface area contributed by atoms with Crippen molar-refractivity contribution < 1.29 is 19.4 Å². The number of hydrogen-bond donors (Lipinski definition) is 1. The summed E-state index contributed by atoms with van der Waals surface area (Å²) in [5.41, 5.74) is 2.27. The first-order chi connectivity index (χ1) is 14.6. The monoisotopic (exact) mass is 443 g/mol. The number of aromatic nitrogens is 3. The van der Waals surface area contributed by atoms with Crippen molar-refractivity contribution in [2.45, 2.75) is 39.5 Å². The Hall–Kier alpha value is -3.06. The zero-order valence-electron chi connectivity index (χ0n) is 18.1. The van der Waals surface area contributed by atoms with Crippen molar-refractivity contribution in [2.24, 2.45) is 0 Å². The molecule has 0 unspecified atom stereocenters. The molecule has 0 aliphatic heterocycles. The van der Waals surface area contributed by atoms with Gasteiger partial charge in [0.15, 0.2) is 0 Å². The minimum Gasteiger partial charge on any atom is -0.505 e. The Morgan fingerprint density at radius 3 is 2.61 bits per heavy atom. The van der Waals surface area contributed by atoms with E-state index in [0.29, 0.717) is 51.7 Å². The van der Waals surface area contributed by atoms with Gasteiger partial charge in [0.25, 0.3) is 0 Å². The third-order valence-electron chi connectivity index (χ3n) is 4.59. The molecule has 164 valence electrons. The van der Waals surface area contributed by atoms with Crippen LogP contribution in [-0.4, -0.2) is 39.3 Å². The molecule has 0 bridgehead atoms. The van der Waals surface area contributed by atoms with Gasteiger partial charge in [-0.1, -0.05) is 45.0 Å². The number of aromatic hydroxyl groups is 1. The van der Waals surface area contributed by atoms with Crippen molar-refractivity contribution >= 4 is 28.6 Å². The van der Waals surface area contributed by atoms with Gasteiger partial charge in [0.2, 0.25) is 0 Å². The number of esters is 1. The molecule has 0 radical (unpaired) electrons. The van der Waals surface area contributed by atoms with Crippen LogP contribution in [0.3, 0.4) is 0 Å². The predicted octanol–water partition coefficient (Wildman–Crippen LogP) is 4.97. The predicted molar refractivity (Wildman–Crippen MR) is 120 cm³/mol. The van der Waals surface area contributed by atoms with Gasteiger partial charge in [-0.3, -0.25) is 0 Å². The molecule has 31 heavy (non-hydrogen) atoms. The first-order valence-electron chi connectivity index (χ1n) is 9.93. The highest BCUT2D eigenvalue weighted by Gasteiger charge is 2.24. The molecule has 1 aromatic heterocycles. The van der Waals surface area contributed by atoms with Crippen LogP contribution in [0.25, 0.3) is 16.7 Å². The van der Waals surface area contributed by atoms with Crippen LogP contribution in [0.4, 0.5) is 0 Å². The first-order valence-corrected chi connectivity index (χ1v) is 10.3. The maximum atomic E-state index is 11.5. The van der Waals surface area contributed by atoms with Gasteiger partial charge in [-0.15, -0.1) is 15.0 Å². The normalized spacial score (nSPS) is 11.5. The molecule has 0 fully saturated rings. The zero-order valence-corrected chi connectivity index (χ0v) is 18.9. The molecular formula is C23H26ClN3O4. The van der Waals surface area contributed by atoms with E-state index < -0.39 is 5.97 Å². The fraction of sp³-hybridized carbons (Fsp3) is 0.348. The molecule has 8 heteroatoms. The van der Waals surface area contributed by atoms with Crippen molar-refractivity contribution in [3.05, 3.63) is 53.1 Å². The third-order valence-corrected chi connectivity index (χ3v) is 4.89. The van der Waals surface area contributed by atoms with Crippen LogP contribution >= 0.6 is 11.6 Å². The van der Waals surface area contributed by atoms with Crippen molar-refractivity contribution in [2.75, 3.05) is 13.2 Å². The lowest BCUT2D eigenvalue weighted by atomic mass is 9.86. The summed E-state index contributed by atoms with van der Waals surface area (Å²) >= 11 is 6.23. The number of phenolic OH excluding ortho intramolecular Hbond substituents is 1. The molecule has 3 aromatic rings. The van der Waals surface area contributed by atoms with Crippen LogP contribution in [0.1, 0.15) is 39.7 Å². The molecule has 0 amide bonds. The smallest absolute Gasteiger partial charge is 0.333 e. The molecule has 0 atom stereocenters. The van der Waals surface area contributed by atoms with Crippen LogP contribution < -0.4 is 4.74 Å². The summed E-state index contributed by atoms with van der Waals surface area (Å²) in [4.78, 5) is 12.8. The van der Waals surface area contributed by atoms with Gasteiger partial charge in [0.1, 0.15) is 28.2 Å². The topological polar surface area (TPSA) is 86.5 Å². The quantitative estimate of drug-likeness (QED) is 0.315. The number of fused-ring (bicyclic) bond motifs is 1. The van der Waals surface area contributed by atoms with E-state index in [1.54, 1.807) is 37.3 Å². The van der Waals surface area contributed by atoms with E-state index >= 15 is 0 Å². The average Bonchev–Trinajstić information content (AvgIpc) is 3.13. The van der Waals surface area contributed by atoms with E-state index in [9.17, 15) is 9.90 Å². The lowest BCUT2D eigenvalue weighted by molar-refractivity contribution is -0.139. The van der Waals surface area contributed by atoms with Crippen LogP contribution in [0, 0.1) is 0 Å². The van der Waals surface area contributed by atoms with Gasteiger partial charge in [-0.25, -0.2) is 4.79 Å². The number of carbonyl (C=O) groups excluding carboxylic acids is 1. The molecular weight excluding hydrogens is 418 g/mol.